The number of benzene rings is 2. The van der Waals surface area contributed by atoms with Gasteiger partial charge in [0, 0.05) is 24.7 Å². The molecule has 0 saturated heterocycles. The molecule has 1 N–H and O–H groups in total. The summed E-state index contributed by atoms with van der Waals surface area (Å²) in [5.74, 6) is 1.78. The Bertz CT molecular complexity index is 897. The van der Waals surface area contributed by atoms with Crippen molar-refractivity contribution < 1.29 is 9.47 Å². The number of ether oxygens (including phenoxy) is 2. The third-order valence-electron chi connectivity index (χ3n) is 3.87. The minimum Gasteiger partial charge on any atom is -0.493 e. The lowest BCUT2D eigenvalue weighted by molar-refractivity contribution is 0.284. The van der Waals surface area contributed by atoms with Gasteiger partial charge in [0.05, 0.1) is 7.11 Å². The summed E-state index contributed by atoms with van der Waals surface area (Å²) in [5, 5.41) is 15.0. The van der Waals surface area contributed by atoms with Crippen molar-refractivity contribution in [3.05, 3.63) is 58.1 Å². The van der Waals surface area contributed by atoms with Crippen LogP contribution < -0.4 is 14.8 Å². The molecule has 0 radical (unpaired) electrons. The molecule has 1 heterocycles. The first-order chi connectivity index (χ1) is 12.6. The van der Waals surface area contributed by atoms with Crippen LogP contribution in [0.25, 0.3) is 0 Å². The Morgan fingerprint density at radius 2 is 2.04 bits per heavy atom. The number of nitrogens with one attached hydrogen (secondary N) is 1. The Hall–Kier alpha value is -2.80. The summed E-state index contributed by atoms with van der Waals surface area (Å²) >= 11 is 6.41. The van der Waals surface area contributed by atoms with Crippen molar-refractivity contribution in [3.8, 4) is 11.5 Å². The van der Waals surface area contributed by atoms with Gasteiger partial charge in [0.15, 0.2) is 11.5 Å². The average molecular weight is 374 g/mol. The SMILES string of the molecule is COc1cc(CNc2nnnn2C)c(Cl)cc1OCc1cccc(C)c1. The molecule has 0 amide bonds. The average Bonchev–Trinajstić information content (AvgIpc) is 3.04. The largest absolute Gasteiger partial charge is 0.493 e. The molecule has 0 fully saturated rings. The first-order valence-corrected chi connectivity index (χ1v) is 8.45. The van der Waals surface area contributed by atoms with Crippen molar-refractivity contribution in [3.63, 3.8) is 0 Å². The molecule has 0 spiro atoms. The van der Waals surface area contributed by atoms with Crippen LogP contribution in [0.3, 0.4) is 0 Å². The summed E-state index contributed by atoms with van der Waals surface area (Å²) < 4.78 is 12.9. The molecule has 1 aromatic heterocycles. The lowest BCUT2D eigenvalue weighted by Crippen LogP contribution is -2.07. The number of halogens is 1. The molecule has 7 nitrogen and oxygen atoms in total. The number of hydrogen-bond acceptors (Lipinski definition) is 6. The Morgan fingerprint density at radius 3 is 2.73 bits per heavy atom. The van der Waals surface area contributed by atoms with Crippen LogP contribution in [0, 0.1) is 6.92 Å². The molecular formula is C18H20ClN5O2. The molecule has 0 aliphatic carbocycles. The zero-order valence-corrected chi connectivity index (χ0v) is 15.6. The van der Waals surface area contributed by atoms with E-state index in [9.17, 15) is 0 Å². The second kappa shape index (κ2) is 8.05. The highest BCUT2D eigenvalue weighted by molar-refractivity contribution is 6.31. The minimum atomic E-state index is 0.441. The predicted octanol–water partition coefficient (Wildman–Crippen LogP) is 3.37. The summed E-state index contributed by atoms with van der Waals surface area (Å²) in [5.41, 5.74) is 3.13. The first-order valence-electron chi connectivity index (χ1n) is 8.08. The molecule has 26 heavy (non-hydrogen) atoms. The van der Waals surface area contributed by atoms with Gasteiger partial charge < -0.3 is 14.8 Å². The van der Waals surface area contributed by atoms with E-state index in [-0.39, 0.29) is 0 Å². The van der Waals surface area contributed by atoms with Crippen molar-refractivity contribution >= 4 is 17.5 Å². The number of anilines is 1. The highest BCUT2D eigenvalue weighted by atomic mass is 35.5. The normalized spacial score (nSPS) is 10.6. The smallest absolute Gasteiger partial charge is 0.242 e. The second-order valence-corrected chi connectivity index (χ2v) is 6.26. The van der Waals surface area contributed by atoms with E-state index in [0.29, 0.717) is 35.6 Å². The van der Waals surface area contributed by atoms with Crippen molar-refractivity contribution in [2.24, 2.45) is 7.05 Å². The van der Waals surface area contributed by atoms with Crippen LogP contribution >= 0.6 is 11.6 Å². The molecular weight excluding hydrogens is 354 g/mol. The summed E-state index contributed by atoms with van der Waals surface area (Å²) in [4.78, 5) is 0. The molecule has 0 bridgehead atoms. The standard InChI is InChI=1S/C18H20ClN5O2/c1-12-5-4-6-13(7-12)11-26-17-9-15(19)14(8-16(17)25-3)10-20-18-21-22-23-24(18)2/h4-9H,10-11H2,1-3H3,(H,20,21,23). The van der Waals surface area contributed by atoms with Crippen molar-refractivity contribution in [1.29, 1.82) is 0 Å². The lowest BCUT2D eigenvalue weighted by atomic mass is 10.1. The third kappa shape index (κ3) is 4.23. The maximum atomic E-state index is 6.41. The molecule has 0 aliphatic heterocycles. The van der Waals surface area contributed by atoms with E-state index < -0.39 is 0 Å². The quantitative estimate of drug-likeness (QED) is 0.684. The van der Waals surface area contributed by atoms with Gasteiger partial charge in [-0.25, -0.2) is 4.68 Å². The molecule has 0 unspecified atom stereocenters. The van der Waals surface area contributed by atoms with Gasteiger partial charge in [-0.2, -0.15) is 0 Å². The Kier molecular flexibility index (Phi) is 5.58. The van der Waals surface area contributed by atoms with Gasteiger partial charge in [-0.3, -0.25) is 0 Å². The Labute approximate surface area is 156 Å². The predicted molar refractivity (Wildman–Crippen MR) is 99.6 cm³/mol. The van der Waals surface area contributed by atoms with Crippen molar-refractivity contribution in [2.75, 3.05) is 12.4 Å². The van der Waals surface area contributed by atoms with E-state index in [4.69, 9.17) is 21.1 Å². The zero-order chi connectivity index (χ0) is 18.5. The highest BCUT2D eigenvalue weighted by Gasteiger charge is 2.12. The number of aryl methyl sites for hydroxylation is 2. The summed E-state index contributed by atoms with van der Waals surface area (Å²) in [7, 11) is 3.36. The van der Waals surface area contributed by atoms with Crippen LogP contribution in [0.4, 0.5) is 5.95 Å². The summed E-state index contributed by atoms with van der Waals surface area (Å²) in [6.45, 7) is 2.95. The van der Waals surface area contributed by atoms with Crippen molar-refractivity contribution in [2.45, 2.75) is 20.1 Å². The van der Waals surface area contributed by atoms with E-state index in [1.165, 1.54) is 5.56 Å². The molecule has 136 valence electrons. The second-order valence-electron chi connectivity index (χ2n) is 5.85. The maximum absolute atomic E-state index is 6.41. The van der Waals surface area contributed by atoms with E-state index >= 15 is 0 Å². The van der Waals surface area contributed by atoms with Crippen LogP contribution in [0.5, 0.6) is 11.5 Å². The number of nitrogens with zero attached hydrogens (tertiary/aromatic N) is 4. The van der Waals surface area contributed by atoms with Gasteiger partial charge in [0.1, 0.15) is 6.61 Å². The molecule has 8 heteroatoms. The van der Waals surface area contributed by atoms with Gasteiger partial charge >= 0.3 is 0 Å². The fourth-order valence-electron chi connectivity index (χ4n) is 2.50. The Balaban J connectivity index is 1.73. The van der Waals surface area contributed by atoms with Gasteiger partial charge in [-0.05, 0) is 34.5 Å². The number of hydrogen-bond donors (Lipinski definition) is 1. The van der Waals surface area contributed by atoms with Gasteiger partial charge in [0.2, 0.25) is 5.95 Å². The van der Waals surface area contributed by atoms with Crippen LogP contribution in [-0.2, 0) is 20.2 Å². The summed E-state index contributed by atoms with van der Waals surface area (Å²) in [6, 6.07) is 11.8. The monoisotopic (exact) mass is 373 g/mol. The number of rotatable bonds is 7. The van der Waals surface area contributed by atoms with Crippen LogP contribution in [0.15, 0.2) is 36.4 Å². The fourth-order valence-corrected chi connectivity index (χ4v) is 2.72. The Morgan fingerprint density at radius 1 is 1.19 bits per heavy atom. The molecule has 0 aliphatic rings. The molecule has 0 saturated carbocycles. The van der Waals surface area contributed by atoms with Gasteiger partial charge in [-0.1, -0.05) is 46.5 Å². The van der Waals surface area contributed by atoms with E-state index in [1.807, 2.05) is 18.2 Å². The fraction of sp³-hybridized carbons (Fsp3) is 0.278. The van der Waals surface area contributed by atoms with E-state index in [1.54, 1.807) is 24.9 Å². The summed E-state index contributed by atoms with van der Waals surface area (Å²) in [6.07, 6.45) is 0. The number of methoxy groups -OCH3 is 1. The van der Waals surface area contributed by atoms with E-state index in [0.717, 1.165) is 11.1 Å². The zero-order valence-electron chi connectivity index (χ0n) is 14.9. The molecule has 3 aromatic rings. The van der Waals surface area contributed by atoms with E-state index in [2.05, 4.69) is 39.9 Å². The van der Waals surface area contributed by atoms with Crippen LogP contribution in [0.2, 0.25) is 5.02 Å². The minimum absolute atomic E-state index is 0.441. The maximum Gasteiger partial charge on any atom is 0.242 e. The van der Waals surface area contributed by atoms with Gasteiger partial charge in [0.25, 0.3) is 0 Å². The lowest BCUT2D eigenvalue weighted by Gasteiger charge is -2.14. The first kappa shape index (κ1) is 18.0. The topological polar surface area (TPSA) is 74.1 Å². The van der Waals surface area contributed by atoms with Crippen molar-refractivity contribution in [1.82, 2.24) is 20.2 Å². The van der Waals surface area contributed by atoms with Crippen LogP contribution in [-0.4, -0.2) is 27.3 Å². The number of tetrazole rings is 1. The number of aromatic nitrogens is 4. The highest BCUT2D eigenvalue weighted by Crippen LogP contribution is 2.34. The van der Waals surface area contributed by atoms with Crippen LogP contribution in [0.1, 0.15) is 16.7 Å². The van der Waals surface area contributed by atoms with Gasteiger partial charge in [-0.15, -0.1) is 0 Å². The third-order valence-corrected chi connectivity index (χ3v) is 4.22. The molecule has 0 atom stereocenters. The molecule has 3 rings (SSSR count). The molecule has 2 aromatic carbocycles.